The van der Waals surface area contributed by atoms with E-state index in [1.807, 2.05) is 30.3 Å². The minimum Gasteiger partial charge on any atom is -0.369 e. The van der Waals surface area contributed by atoms with E-state index in [-0.39, 0.29) is 5.91 Å². The Labute approximate surface area is 150 Å². The van der Waals surface area contributed by atoms with Gasteiger partial charge in [-0.3, -0.25) is 4.79 Å². The van der Waals surface area contributed by atoms with Gasteiger partial charge in [0.2, 0.25) is 0 Å². The molecule has 1 amide bonds. The van der Waals surface area contributed by atoms with Gasteiger partial charge in [-0.15, -0.1) is 0 Å². The van der Waals surface area contributed by atoms with Crippen molar-refractivity contribution in [2.45, 2.75) is 20.3 Å². The predicted octanol–water partition coefficient (Wildman–Crippen LogP) is 3.56. The molecule has 2 aromatic carbocycles. The highest BCUT2D eigenvalue weighted by atomic mass is 16.1. The van der Waals surface area contributed by atoms with E-state index in [1.54, 1.807) is 0 Å². The van der Waals surface area contributed by atoms with E-state index in [2.05, 4.69) is 48.1 Å². The van der Waals surface area contributed by atoms with Gasteiger partial charge in [0, 0.05) is 43.1 Å². The Morgan fingerprint density at radius 1 is 1.04 bits per heavy atom. The Kier molecular flexibility index (Phi) is 5.39. The molecule has 2 aromatic rings. The summed E-state index contributed by atoms with van der Waals surface area (Å²) in [5, 5.41) is 3.04. The highest BCUT2D eigenvalue weighted by Crippen LogP contribution is 2.24. The van der Waals surface area contributed by atoms with E-state index >= 15 is 0 Å². The second-order valence-corrected chi connectivity index (χ2v) is 6.79. The smallest absolute Gasteiger partial charge is 0.255 e. The maximum Gasteiger partial charge on any atom is 0.255 e. The first-order valence-electron chi connectivity index (χ1n) is 9.01. The maximum atomic E-state index is 12.5. The number of nitrogens with one attached hydrogen (secondary N) is 1. The molecule has 0 atom stereocenters. The van der Waals surface area contributed by atoms with Crippen molar-refractivity contribution >= 4 is 17.3 Å². The van der Waals surface area contributed by atoms with Crippen LogP contribution < -0.4 is 10.2 Å². The lowest BCUT2D eigenvalue weighted by Gasteiger charge is -2.34. The minimum atomic E-state index is -0.0573. The lowest BCUT2D eigenvalue weighted by molar-refractivity contribution is 0.102. The SMILES string of the molecule is CCc1ccc(C(=O)Nc2ccc(N3CCN(C)CC3)cc2C)cc1. The Morgan fingerprint density at radius 3 is 2.32 bits per heavy atom. The van der Waals surface area contributed by atoms with Crippen LogP contribution in [0.4, 0.5) is 11.4 Å². The number of nitrogens with zero attached hydrogens (tertiary/aromatic N) is 2. The van der Waals surface area contributed by atoms with Gasteiger partial charge in [0.1, 0.15) is 0 Å². The summed E-state index contributed by atoms with van der Waals surface area (Å²) < 4.78 is 0. The molecule has 25 heavy (non-hydrogen) atoms. The van der Waals surface area contributed by atoms with Crippen LogP contribution >= 0.6 is 0 Å². The molecule has 0 radical (unpaired) electrons. The van der Waals surface area contributed by atoms with Gasteiger partial charge in [-0.2, -0.15) is 0 Å². The maximum absolute atomic E-state index is 12.5. The number of likely N-dealkylation sites (N-methyl/N-ethyl adjacent to an activating group) is 1. The molecule has 4 heteroatoms. The molecule has 1 aliphatic rings. The van der Waals surface area contributed by atoms with E-state index in [0.29, 0.717) is 5.56 Å². The highest BCUT2D eigenvalue weighted by molar-refractivity contribution is 6.04. The molecule has 3 rings (SSSR count). The van der Waals surface area contributed by atoms with Crippen molar-refractivity contribution in [3.8, 4) is 0 Å². The third-order valence-electron chi connectivity index (χ3n) is 4.95. The highest BCUT2D eigenvalue weighted by Gasteiger charge is 2.15. The van der Waals surface area contributed by atoms with Crippen molar-refractivity contribution < 1.29 is 4.79 Å². The largest absolute Gasteiger partial charge is 0.369 e. The van der Waals surface area contributed by atoms with Crippen LogP contribution in [-0.4, -0.2) is 44.0 Å². The molecule has 0 saturated carbocycles. The minimum absolute atomic E-state index is 0.0573. The van der Waals surface area contributed by atoms with Gasteiger partial charge in [-0.05, 0) is 61.9 Å². The molecule has 1 saturated heterocycles. The second-order valence-electron chi connectivity index (χ2n) is 6.79. The molecule has 0 aliphatic carbocycles. The first-order chi connectivity index (χ1) is 12.1. The fourth-order valence-electron chi connectivity index (χ4n) is 3.14. The normalized spacial score (nSPS) is 15.2. The summed E-state index contributed by atoms with van der Waals surface area (Å²) in [7, 11) is 2.16. The number of piperazine rings is 1. The molecule has 0 spiro atoms. The topological polar surface area (TPSA) is 35.6 Å². The van der Waals surface area contributed by atoms with Gasteiger partial charge in [-0.1, -0.05) is 19.1 Å². The van der Waals surface area contributed by atoms with E-state index in [0.717, 1.165) is 43.9 Å². The number of aryl methyl sites for hydroxylation is 2. The Balaban J connectivity index is 1.69. The van der Waals surface area contributed by atoms with E-state index < -0.39 is 0 Å². The third-order valence-corrected chi connectivity index (χ3v) is 4.95. The fraction of sp³-hybridized carbons (Fsp3) is 0.381. The van der Waals surface area contributed by atoms with Crippen LogP contribution in [0.1, 0.15) is 28.4 Å². The average Bonchev–Trinajstić information content (AvgIpc) is 2.64. The molecule has 1 aliphatic heterocycles. The molecule has 4 nitrogen and oxygen atoms in total. The standard InChI is InChI=1S/C21H27N3O/c1-4-17-5-7-18(8-6-17)21(25)22-20-10-9-19(15-16(20)2)24-13-11-23(3)12-14-24/h5-10,15H,4,11-14H2,1-3H3,(H,22,25). The first-order valence-corrected chi connectivity index (χ1v) is 9.01. The summed E-state index contributed by atoms with van der Waals surface area (Å²) in [6, 6.07) is 14.1. The number of hydrogen-bond donors (Lipinski definition) is 1. The van der Waals surface area contributed by atoms with Gasteiger partial charge in [0.15, 0.2) is 0 Å². The van der Waals surface area contributed by atoms with Crippen molar-refractivity contribution in [3.63, 3.8) is 0 Å². The van der Waals surface area contributed by atoms with Crippen molar-refractivity contribution in [1.82, 2.24) is 4.90 Å². The number of benzene rings is 2. The summed E-state index contributed by atoms with van der Waals surface area (Å²) in [5.74, 6) is -0.0573. The van der Waals surface area contributed by atoms with Gasteiger partial charge in [0.25, 0.3) is 5.91 Å². The number of amides is 1. The Bertz CT molecular complexity index is 731. The van der Waals surface area contributed by atoms with Crippen LogP contribution in [0, 0.1) is 6.92 Å². The summed E-state index contributed by atoms with van der Waals surface area (Å²) in [6.45, 7) is 8.43. The van der Waals surface area contributed by atoms with E-state index in [9.17, 15) is 4.79 Å². The van der Waals surface area contributed by atoms with Crippen LogP contribution in [0.3, 0.4) is 0 Å². The number of rotatable bonds is 4. The van der Waals surface area contributed by atoms with Crippen LogP contribution in [-0.2, 0) is 6.42 Å². The lowest BCUT2D eigenvalue weighted by Crippen LogP contribution is -2.44. The molecular weight excluding hydrogens is 310 g/mol. The van der Waals surface area contributed by atoms with Gasteiger partial charge in [-0.25, -0.2) is 0 Å². The van der Waals surface area contributed by atoms with Crippen LogP contribution in [0.5, 0.6) is 0 Å². The Hall–Kier alpha value is -2.33. The predicted molar refractivity (Wildman–Crippen MR) is 105 cm³/mol. The van der Waals surface area contributed by atoms with Gasteiger partial charge < -0.3 is 15.1 Å². The number of carbonyl (C=O) groups is 1. The molecule has 132 valence electrons. The van der Waals surface area contributed by atoms with Gasteiger partial charge >= 0.3 is 0 Å². The molecule has 0 bridgehead atoms. The van der Waals surface area contributed by atoms with E-state index in [1.165, 1.54) is 11.3 Å². The molecular formula is C21H27N3O. The Morgan fingerprint density at radius 2 is 1.72 bits per heavy atom. The average molecular weight is 337 g/mol. The monoisotopic (exact) mass is 337 g/mol. The van der Waals surface area contributed by atoms with Crippen LogP contribution in [0.25, 0.3) is 0 Å². The number of anilines is 2. The zero-order valence-electron chi connectivity index (χ0n) is 15.4. The molecule has 1 heterocycles. The van der Waals surface area contributed by atoms with Crippen LogP contribution in [0.2, 0.25) is 0 Å². The van der Waals surface area contributed by atoms with Crippen molar-refractivity contribution in [2.75, 3.05) is 43.4 Å². The summed E-state index contributed by atoms with van der Waals surface area (Å²) >= 11 is 0. The molecule has 0 aromatic heterocycles. The zero-order chi connectivity index (χ0) is 17.8. The van der Waals surface area contributed by atoms with Crippen LogP contribution in [0.15, 0.2) is 42.5 Å². The molecule has 1 N–H and O–H groups in total. The first kappa shape index (κ1) is 17.5. The third kappa shape index (κ3) is 4.20. The lowest BCUT2D eigenvalue weighted by atomic mass is 10.1. The summed E-state index contributed by atoms with van der Waals surface area (Å²) in [4.78, 5) is 17.2. The molecule has 0 unspecified atom stereocenters. The van der Waals surface area contributed by atoms with Crippen molar-refractivity contribution in [3.05, 3.63) is 59.2 Å². The molecule has 1 fully saturated rings. The number of hydrogen-bond acceptors (Lipinski definition) is 3. The quantitative estimate of drug-likeness (QED) is 0.926. The summed E-state index contributed by atoms with van der Waals surface area (Å²) in [6.07, 6.45) is 0.981. The van der Waals surface area contributed by atoms with E-state index in [4.69, 9.17) is 0 Å². The van der Waals surface area contributed by atoms with Gasteiger partial charge in [0.05, 0.1) is 0 Å². The fourth-order valence-corrected chi connectivity index (χ4v) is 3.14. The zero-order valence-corrected chi connectivity index (χ0v) is 15.4. The number of carbonyl (C=O) groups excluding carboxylic acids is 1. The van der Waals surface area contributed by atoms with Crippen molar-refractivity contribution in [2.24, 2.45) is 0 Å². The second kappa shape index (κ2) is 7.70. The summed E-state index contributed by atoms with van der Waals surface area (Å²) in [5.41, 5.74) is 5.14. The van der Waals surface area contributed by atoms with Crippen molar-refractivity contribution in [1.29, 1.82) is 0 Å².